The molecule has 0 spiro atoms. The van der Waals surface area contributed by atoms with Crippen molar-refractivity contribution in [2.45, 2.75) is 13.0 Å². The third kappa shape index (κ3) is 4.32. The summed E-state index contributed by atoms with van der Waals surface area (Å²) in [4.78, 5) is 12.3. The highest BCUT2D eigenvalue weighted by molar-refractivity contribution is 5.66. The summed E-state index contributed by atoms with van der Waals surface area (Å²) in [7, 11) is 3.33. The van der Waals surface area contributed by atoms with E-state index in [1.54, 1.807) is 12.1 Å². The highest BCUT2D eigenvalue weighted by atomic mass is 16.5. The number of phenols is 1. The fourth-order valence-electron chi connectivity index (χ4n) is 1.51. The molecule has 17 heavy (non-hydrogen) atoms. The maximum atomic E-state index is 10.4. The summed E-state index contributed by atoms with van der Waals surface area (Å²) in [5.74, 6) is -0.284. The van der Waals surface area contributed by atoms with E-state index in [1.165, 1.54) is 7.11 Å². The van der Waals surface area contributed by atoms with Crippen LogP contribution in [-0.2, 0) is 11.3 Å². The van der Waals surface area contributed by atoms with Crippen LogP contribution in [0.2, 0.25) is 0 Å². The third-order valence-electron chi connectivity index (χ3n) is 2.40. The molecule has 0 unspecified atom stereocenters. The summed E-state index contributed by atoms with van der Waals surface area (Å²) in [6.07, 6.45) is 0.110. The van der Waals surface area contributed by atoms with Crippen molar-refractivity contribution in [3.05, 3.63) is 23.8 Å². The summed E-state index contributed by atoms with van der Waals surface area (Å²) in [5, 5.41) is 18.1. The van der Waals surface area contributed by atoms with Crippen LogP contribution in [0.3, 0.4) is 0 Å². The van der Waals surface area contributed by atoms with Gasteiger partial charge < -0.3 is 19.8 Å². The molecular formula is C12H17NO4. The van der Waals surface area contributed by atoms with Gasteiger partial charge in [0.25, 0.3) is 0 Å². The molecule has 5 nitrogen and oxygen atoms in total. The first-order valence-corrected chi connectivity index (χ1v) is 5.29. The third-order valence-corrected chi connectivity index (χ3v) is 2.40. The first kappa shape index (κ1) is 13.3. The van der Waals surface area contributed by atoms with Gasteiger partial charge in [-0.2, -0.15) is 0 Å². The van der Waals surface area contributed by atoms with Gasteiger partial charge in [-0.15, -0.1) is 0 Å². The van der Waals surface area contributed by atoms with Crippen LogP contribution in [0.15, 0.2) is 18.2 Å². The van der Waals surface area contributed by atoms with E-state index < -0.39 is 5.97 Å². The summed E-state index contributed by atoms with van der Waals surface area (Å²) in [5.41, 5.74) is 0.913. The highest BCUT2D eigenvalue weighted by Gasteiger charge is 2.06. The minimum Gasteiger partial charge on any atom is -0.504 e. The fraction of sp³-hybridized carbons (Fsp3) is 0.417. The normalized spacial score (nSPS) is 10.5. The van der Waals surface area contributed by atoms with Gasteiger partial charge in [0.1, 0.15) is 0 Å². The maximum absolute atomic E-state index is 10.4. The Bertz CT molecular complexity index is 392. The van der Waals surface area contributed by atoms with Crippen LogP contribution in [0.5, 0.6) is 11.5 Å². The van der Waals surface area contributed by atoms with Crippen LogP contribution in [0.25, 0.3) is 0 Å². The quantitative estimate of drug-likeness (QED) is 0.783. The lowest BCUT2D eigenvalue weighted by Gasteiger charge is -2.16. The van der Waals surface area contributed by atoms with E-state index in [9.17, 15) is 9.90 Å². The number of nitrogens with zero attached hydrogens (tertiary/aromatic N) is 1. The van der Waals surface area contributed by atoms with Crippen LogP contribution in [0, 0.1) is 0 Å². The molecule has 0 bridgehead atoms. The van der Waals surface area contributed by atoms with Crippen molar-refractivity contribution in [1.82, 2.24) is 4.90 Å². The molecule has 0 heterocycles. The highest BCUT2D eigenvalue weighted by Crippen LogP contribution is 2.26. The van der Waals surface area contributed by atoms with Crippen LogP contribution < -0.4 is 4.74 Å². The number of carboxylic acid groups (broad SMARTS) is 1. The molecule has 0 atom stereocenters. The number of aromatic hydroxyl groups is 1. The molecule has 0 amide bonds. The van der Waals surface area contributed by atoms with Gasteiger partial charge in [0.05, 0.1) is 13.5 Å². The van der Waals surface area contributed by atoms with Gasteiger partial charge in [-0.25, -0.2) is 0 Å². The number of carboxylic acids is 1. The van der Waals surface area contributed by atoms with Crippen LogP contribution in [0.4, 0.5) is 0 Å². The number of aliphatic carboxylic acids is 1. The van der Waals surface area contributed by atoms with Gasteiger partial charge >= 0.3 is 5.97 Å². The van der Waals surface area contributed by atoms with Gasteiger partial charge in [0, 0.05) is 13.1 Å². The van der Waals surface area contributed by atoms with Crippen molar-refractivity contribution in [3.8, 4) is 11.5 Å². The van der Waals surface area contributed by atoms with Crippen LogP contribution in [0.1, 0.15) is 12.0 Å². The molecule has 0 saturated carbocycles. The van der Waals surface area contributed by atoms with E-state index in [2.05, 4.69) is 0 Å². The first-order chi connectivity index (χ1) is 8.02. The maximum Gasteiger partial charge on any atom is 0.304 e. The monoisotopic (exact) mass is 239 g/mol. The van der Waals surface area contributed by atoms with Gasteiger partial charge in [0.2, 0.25) is 0 Å². The van der Waals surface area contributed by atoms with Crippen molar-refractivity contribution >= 4 is 5.97 Å². The van der Waals surface area contributed by atoms with E-state index in [1.807, 2.05) is 18.0 Å². The Balaban J connectivity index is 2.56. The van der Waals surface area contributed by atoms with Gasteiger partial charge in [-0.05, 0) is 24.7 Å². The average molecular weight is 239 g/mol. The number of hydrogen-bond donors (Lipinski definition) is 2. The molecule has 94 valence electrons. The number of ether oxygens (including phenoxy) is 1. The second-order valence-electron chi connectivity index (χ2n) is 3.89. The predicted octanol–water partition coefficient (Wildman–Crippen LogP) is 1.31. The molecule has 0 saturated heterocycles. The Morgan fingerprint density at radius 1 is 1.47 bits per heavy atom. The Hall–Kier alpha value is -1.75. The second-order valence-corrected chi connectivity index (χ2v) is 3.89. The Kier molecular flexibility index (Phi) is 4.78. The van der Waals surface area contributed by atoms with E-state index in [0.29, 0.717) is 18.8 Å². The molecular weight excluding hydrogens is 222 g/mol. The van der Waals surface area contributed by atoms with Crippen LogP contribution in [-0.4, -0.2) is 41.8 Å². The number of benzene rings is 1. The predicted molar refractivity (Wildman–Crippen MR) is 63.2 cm³/mol. The molecule has 0 radical (unpaired) electrons. The molecule has 1 aromatic rings. The second kappa shape index (κ2) is 6.10. The van der Waals surface area contributed by atoms with E-state index >= 15 is 0 Å². The lowest BCUT2D eigenvalue weighted by molar-refractivity contribution is -0.137. The van der Waals surface area contributed by atoms with Crippen LogP contribution >= 0.6 is 0 Å². The Morgan fingerprint density at radius 3 is 2.71 bits per heavy atom. The molecule has 0 aliphatic carbocycles. The lowest BCUT2D eigenvalue weighted by Crippen LogP contribution is -2.21. The van der Waals surface area contributed by atoms with Gasteiger partial charge in [-0.3, -0.25) is 4.79 Å². The van der Waals surface area contributed by atoms with E-state index in [4.69, 9.17) is 9.84 Å². The molecule has 0 aliphatic heterocycles. The SMILES string of the molecule is COc1ccc(CN(C)CCC(=O)O)cc1O. The molecule has 0 fully saturated rings. The number of hydrogen-bond acceptors (Lipinski definition) is 4. The lowest BCUT2D eigenvalue weighted by atomic mass is 10.2. The molecule has 2 N–H and O–H groups in total. The molecule has 0 aromatic heterocycles. The van der Waals surface area contributed by atoms with Gasteiger partial charge in [-0.1, -0.05) is 6.07 Å². The summed E-state index contributed by atoms with van der Waals surface area (Å²) in [6, 6.07) is 5.15. The number of phenolic OH excluding ortho intramolecular Hbond substituents is 1. The fourth-order valence-corrected chi connectivity index (χ4v) is 1.51. The zero-order chi connectivity index (χ0) is 12.8. The Morgan fingerprint density at radius 2 is 2.18 bits per heavy atom. The zero-order valence-corrected chi connectivity index (χ0v) is 10.0. The molecule has 1 rings (SSSR count). The Labute approximate surface area is 100 Å². The summed E-state index contributed by atoms with van der Waals surface area (Å²) < 4.78 is 4.94. The van der Waals surface area contributed by atoms with Crippen molar-refractivity contribution in [3.63, 3.8) is 0 Å². The van der Waals surface area contributed by atoms with Crippen molar-refractivity contribution in [2.24, 2.45) is 0 Å². The van der Waals surface area contributed by atoms with Crippen molar-refractivity contribution in [1.29, 1.82) is 0 Å². The molecule has 0 aliphatic rings. The number of carbonyl (C=O) groups is 1. The minimum absolute atomic E-state index is 0.0941. The smallest absolute Gasteiger partial charge is 0.304 e. The average Bonchev–Trinajstić information content (AvgIpc) is 2.26. The summed E-state index contributed by atoms with van der Waals surface area (Å²) in [6.45, 7) is 1.06. The standard InChI is InChI=1S/C12H17NO4/c1-13(6-5-12(15)16)8-9-3-4-11(17-2)10(14)7-9/h3-4,7,14H,5-6,8H2,1-2H3,(H,15,16). The minimum atomic E-state index is -0.811. The topological polar surface area (TPSA) is 70.0 Å². The number of methoxy groups -OCH3 is 1. The largest absolute Gasteiger partial charge is 0.504 e. The van der Waals surface area contributed by atoms with E-state index in [-0.39, 0.29) is 12.2 Å². The summed E-state index contributed by atoms with van der Waals surface area (Å²) >= 11 is 0. The number of rotatable bonds is 6. The first-order valence-electron chi connectivity index (χ1n) is 5.29. The zero-order valence-electron chi connectivity index (χ0n) is 10.0. The van der Waals surface area contributed by atoms with E-state index in [0.717, 1.165) is 5.56 Å². The van der Waals surface area contributed by atoms with Crippen molar-refractivity contribution in [2.75, 3.05) is 20.7 Å². The van der Waals surface area contributed by atoms with Gasteiger partial charge in [0.15, 0.2) is 11.5 Å². The molecule has 5 heteroatoms. The van der Waals surface area contributed by atoms with Crippen molar-refractivity contribution < 1.29 is 19.7 Å². The molecule has 1 aromatic carbocycles.